The van der Waals surface area contributed by atoms with Crippen LogP contribution in [0.15, 0.2) is 0 Å². The van der Waals surface area contributed by atoms with E-state index in [1.54, 1.807) is 0 Å². The van der Waals surface area contributed by atoms with Crippen molar-refractivity contribution in [3.05, 3.63) is 0 Å². The fraction of sp³-hybridized carbons (Fsp3) is 1.00. The van der Waals surface area contributed by atoms with Gasteiger partial charge in [0.2, 0.25) is 0 Å². The molecule has 0 aromatic carbocycles. The lowest BCUT2D eigenvalue weighted by molar-refractivity contribution is 0.125. The summed E-state index contributed by atoms with van der Waals surface area (Å²) in [6.07, 6.45) is 46.0. The van der Waals surface area contributed by atoms with E-state index in [0.717, 1.165) is 13.2 Å². The normalized spacial score (nSPS) is 11.5. The molecule has 1 nitrogen and oxygen atoms in total. The molecule has 0 aliphatic rings. The largest absolute Gasteiger partial charge is 0.381 e. The third-order valence-corrected chi connectivity index (χ3v) is 8.28. The molecule has 0 aliphatic heterocycles. The zero-order chi connectivity index (χ0) is 26.7. The molecule has 37 heavy (non-hydrogen) atoms. The van der Waals surface area contributed by atoms with Gasteiger partial charge in [0.1, 0.15) is 0 Å². The van der Waals surface area contributed by atoms with Crippen molar-refractivity contribution in [3.63, 3.8) is 0 Å². The SMILES string of the molecule is CCCCCCCCCCCCCCCCCCCCCCOCCCCCCCCCCCCCC. The van der Waals surface area contributed by atoms with Gasteiger partial charge in [-0.2, -0.15) is 0 Å². The molecular formula is C36H74O. The number of unbranched alkanes of at least 4 members (excludes halogenated alkanes) is 30. The topological polar surface area (TPSA) is 9.23 Å². The Hall–Kier alpha value is -0.0400. The second kappa shape index (κ2) is 36.0. The first-order valence-corrected chi connectivity index (χ1v) is 18.0. The minimum Gasteiger partial charge on any atom is -0.381 e. The van der Waals surface area contributed by atoms with Gasteiger partial charge in [0.15, 0.2) is 0 Å². The summed E-state index contributed by atoms with van der Waals surface area (Å²) in [4.78, 5) is 0. The molecule has 0 aliphatic carbocycles. The highest BCUT2D eigenvalue weighted by atomic mass is 16.5. The van der Waals surface area contributed by atoms with Crippen LogP contribution in [0.4, 0.5) is 0 Å². The van der Waals surface area contributed by atoms with Gasteiger partial charge in [-0.1, -0.05) is 206 Å². The zero-order valence-corrected chi connectivity index (χ0v) is 26.4. The molecule has 224 valence electrons. The molecule has 0 N–H and O–H groups in total. The number of ether oxygens (including phenoxy) is 1. The summed E-state index contributed by atoms with van der Waals surface area (Å²) >= 11 is 0. The van der Waals surface area contributed by atoms with Crippen LogP contribution in [0.1, 0.15) is 219 Å². The molecule has 0 bridgehead atoms. The molecule has 0 fully saturated rings. The van der Waals surface area contributed by atoms with Crippen molar-refractivity contribution < 1.29 is 4.74 Å². The van der Waals surface area contributed by atoms with E-state index >= 15 is 0 Å². The monoisotopic (exact) mass is 523 g/mol. The minimum absolute atomic E-state index is 0.997. The first-order valence-electron chi connectivity index (χ1n) is 18.0. The average Bonchev–Trinajstić information content (AvgIpc) is 2.91. The van der Waals surface area contributed by atoms with Crippen molar-refractivity contribution in [2.45, 2.75) is 219 Å². The quantitative estimate of drug-likeness (QED) is 0.0763. The predicted molar refractivity (Wildman–Crippen MR) is 170 cm³/mol. The molecule has 0 saturated carbocycles. The Kier molecular flexibility index (Phi) is 35.9. The van der Waals surface area contributed by atoms with E-state index in [4.69, 9.17) is 4.74 Å². The second-order valence-corrected chi connectivity index (χ2v) is 12.2. The van der Waals surface area contributed by atoms with Crippen LogP contribution >= 0.6 is 0 Å². The average molecular weight is 523 g/mol. The van der Waals surface area contributed by atoms with E-state index in [1.165, 1.54) is 205 Å². The molecule has 0 rings (SSSR count). The van der Waals surface area contributed by atoms with Crippen LogP contribution in [-0.2, 0) is 4.74 Å². The predicted octanol–water partition coefficient (Wildman–Crippen LogP) is 13.5. The molecule has 0 spiro atoms. The van der Waals surface area contributed by atoms with Gasteiger partial charge in [0.25, 0.3) is 0 Å². The fourth-order valence-electron chi connectivity index (χ4n) is 5.61. The van der Waals surface area contributed by atoms with Crippen molar-refractivity contribution in [2.24, 2.45) is 0 Å². The molecule has 0 heterocycles. The Morgan fingerprint density at radius 2 is 0.378 bits per heavy atom. The maximum Gasteiger partial charge on any atom is 0.0466 e. The summed E-state index contributed by atoms with van der Waals surface area (Å²) in [7, 11) is 0. The van der Waals surface area contributed by atoms with Crippen molar-refractivity contribution in [1.29, 1.82) is 0 Å². The van der Waals surface area contributed by atoms with Crippen molar-refractivity contribution in [1.82, 2.24) is 0 Å². The zero-order valence-electron chi connectivity index (χ0n) is 26.4. The second-order valence-electron chi connectivity index (χ2n) is 12.2. The summed E-state index contributed by atoms with van der Waals surface area (Å²) in [5.41, 5.74) is 0. The molecule has 0 unspecified atom stereocenters. The van der Waals surface area contributed by atoms with Crippen LogP contribution < -0.4 is 0 Å². The molecule has 0 radical (unpaired) electrons. The molecule has 0 aromatic rings. The first-order chi connectivity index (χ1) is 18.4. The molecule has 0 atom stereocenters. The molecule has 0 aromatic heterocycles. The van der Waals surface area contributed by atoms with Gasteiger partial charge in [-0.05, 0) is 12.8 Å². The summed E-state index contributed by atoms with van der Waals surface area (Å²) in [6.45, 7) is 6.60. The standard InChI is InChI=1S/C36H74O/c1-3-5-7-9-11-13-15-17-18-19-20-21-22-23-24-26-28-30-32-34-36-37-35-33-31-29-27-25-16-14-12-10-8-6-4-2/h3-36H2,1-2H3. The van der Waals surface area contributed by atoms with Gasteiger partial charge in [0, 0.05) is 13.2 Å². The molecule has 0 amide bonds. The van der Waals surface area contributed by atoms with Crippen LogP contribution in [0.3, 0.4) is 0 Å². The Labute approximate surface area is 237 Å². The number of rotatable bonds is 34. The van der Waals surface area contributed by atoms with E-state index in [0.29, 0.717) is 0 Å². The maximum atomic E-state index is 5.86. The smallest absolute Gasteiger partial charge is 0.0466 e. The summed E-state index contributed by atoms with van der Waals surface area (Å²) in [6, 6.07) is 0. The summed E-state index contributed by atoms with van der Waals surface area (Å²) < 4.78 is 5.86. The third-order valence-electron chi connectivity index (χ3n) is 8.28. The van der Waals surface area contributed by atoms with E-state index in [9.17, 15) is 0 Å². The summed E-state index contributed by atoms with van der Waals surface area (Å²) in [5, 5.41) is 0. The van der Waals surface area contributed by atoms with Crippen LogP contribution in [0.25, 0.3) is 0 Å². The Bertz CT molecular complexity index is 332. The molecule has 1 heteroatoms. The number of hydrogen-bond donors (Lipinski definition) is 0. The van der Waals surface area contributed by atoms with Gasteiger partial charge in [-0.15, -0.1) is 0 Å². The van der Waals surface area contributed by atoms with Crippen molar-refractivity contribution in [3.8, 4) is 0 Å². The van der Waals surface area contributed by atoms with Crippen LogP contribution in [0.2, 0.25) is 0 Å². The van der Waals surface area contributed by atoms with E-state index in [-0.39, 0.29) is 0 Å². The van der Waals surface area contributed by atoms with E-state index in [1.807, 2.05) is 0 Å². The van der Waals surface area contributed by atoms with Gasteiger partial charge in [-0.25, -0.2) is 0 Å². The van der Waals surface area contributed by atoms with Crippen molar-refractivity contribution >= 4 is 0 Å². The van der Waals surface area contributed by atoms with Crippen LogP contribution in [-0.4, -0.2) is 13.2 Å². The lowest BCUT2D eigenvalue weighted by Crippen LogP contribution is -1.97. The van der Waals surface area contributed by atoms with Gasteiger partial charge >= 0.3 is 0 Å². The molecular weight excluding hydrogens is 448 g/mol. The molecule has 0 saturated heterocycles. The lowest BCUT2D eigenvalue weighted by Gasteiger charge is -2.05. The third kappa shape index (κ3) is 36.0. The Morgan fingerprint density at radius 1 is 0.216 bits per heavy atom. The van der Waals surface area contributed by atoms with Crippen molar-refractivity contribution in [2.75, 3.05) is 13.2 Å². The van der Waals surface area contributed by atoms with Crippen LogP contribution in [0.5, 0.6) is 0 Å². The van der Waals surface area contributed by atoms with Gasteiger partial charge in [-0.3, -0.25) is 0 Å². The first kappa shape index (κ1) is 37.0. The Morgan fingerprint density at radius 3 is 0.568 bits per heavy atom. The fourth-order valence-corrected chi connectivity index (χ4v) is 5.61. The van der Waals surface area contributed by atoms with E-state index < -0.39 is 0 Å². The maximum absolute atomic E-state index is 5.86. The Balaban J connectivity index is 3.00. The lowest BCUT2D eigenvalue weighted by atomic mass is 10.0. The minimum atomic E-state index is 0.997. The van der Waals surface area contributed by atoms with Crippen LogP contribution in [0, 0.1) is 0 Å². The van der Waals surface area contributed by atoms with Gasteiger partial charge in [0.05, 0.1) is 0 Å². The summed E-state index contributed by atoms with van der Waals surface area (Å²) in [5.74, 6) is 0. The number of hydrogen-bond acceptors (Lipinski definition) is 1. The highest BCUT2D eigenvalue weighted by Crippen LogP contribution is 2.15. The highest BCUT2D eigenvalue weighted by Gasteiger charge is 1.97. The highest BCUT2D eigenvalue weighted by molar-refractivity contribution is 4.52. The van der Waals surface area contributed by atoms with E-state index in [2.05, 4.69) is 13.8 Å². The van der Waals surface area contributed by atoms with Gasteiger partial charge < -0.3 is 4.74 Å².